The average molecular weight is 432 g/mol. The van der Waals surface area contributed by atoms with Gasteiger partial charge in [0.15, 0.2) is 34.2 Å². The van der Waals surface area contributed by atoms with E-state index in [4.69, 9.17) is 20.6 Å². The summed E-state index contributed by atoms with van der Waals surface area (Å²) in [5, 5.41) is 0. The fraction of sp³-hybridized carbons (Fsp3) is 0.261. The van der Waals surface area contributed by atoms with Gasteiger partial charge < -0.3 is 18.8 Å². The van der Waals surface area contributed by atoms with E-state index in [2.05, 4.69) is 22.7 Å². The zero-order valence-corrected chi connectivity index (χ0v) is 18.0. The van der Waals surface area contributed by atoms with Crippen molar-refractivity contribution >= 4 is 11.2 Å². The molecule has 162 valence electrons. The molecule has 0 N–H and O–H groups in total. The first kappa shape index (κ1) is 20.9. The van der Waals surface area contributed by atoms with Crippen molar-refractivity contribution in [3.8, 4) is 35.7 Å². The summed E-state index contributed by atoms with van der Waals surface area (Å²) in [6, 6.07) is 4.82. The number of hydrogen-bond donors (Lipinski definition) is 0. The van der Waals surface area contributed by atoms with Gasteiger partial charge >= 0.3 is 5.69 Å². The van der Waals surface area contributed by atoms with Crippen LogP contribution in [0.3, 0.4) is 0 Å². The molecule has 9 nitrogen and oxygen atoms in total. The van der Waals surface area contributed by atoms with Gasteiger partial charge in [0.2, 0.25) is 0 Å². The Morgan fingerprint density at radius 1 is 1.19 bits per heavy atom. The standard InChI is InChI=1S/C23H20N4O5/c1-6-11-26-22(28)20-21(27(23(26)29)14(2)18-13-32-18)24-19(25(20)3)10-8-15-7-9-16(30-4)17(12-15)31-5/h1,7,9,12-14H,11H2,2-5H3. The van der Waals surface area contributed by atoms with E-state index < -0.39 is 17.3 Å². The molecule has 1 atom stereocenters. The third-order valence-electron chi connectivity index (χ3n) is 5.19. The lowest BCUT2D eigenvalue weighted by Gasteiger charge is -2.13. The van der Waals surface area contributed by atoms with Crippen LogP contribution in [0, 0.1) is 24.2 Å². The van der Waals surface area contributed by atoms with Crippen LogP contribution in [-0.2, 0) is 18.3 Å². The molecular formula is C23H20N4O5. The molecule has 0 amide bonds. The molecule has 0 saturated carbocycles. The molecule has 9 heteroatoms. The van der Waals surface area contributed by atoms with E-state index in [9.17, 15) is 9.59 Å². The number of allylic oxidation sites excluding steroid dienone is 1. The molecule has 0 bridgehead atoms. The van der Waals surface area contributed by atoms with Gasteiger partial charge in [-0.05, 0) is 31.0 Å². The number of imidazole rings is 1. The highest BCUT2D eigenvalue weighted by Crippen LogP contribution is 2.29. The quantitative estimate of drug-likeness (QED) is 0.566. The highest BCUT2D eigenvalue weighted by Gasteiger charge is 2.28. The summed E-state index contributed by atoms with van der Waals surface area (Å²) >= 11 is 0. The first-order chi connectivity index (χ1) is 15.4. The van der Waals surface area contributed by atoms with Crippen molar-refractivity contribution in [3.63, 3.8) is 0 Å². The first-order valence-corrected chi connectivity index (χ1v) is 9.67. The maximum absolute atomic E-state index is 13.0. The smallest absolute Gasteiger partial charge is 0.334 e. The number of aryl methyl sites for hydroxylation is 1. The topological polar surface area (TPSA) is 92.8 Å². The molecule has 4 rings (SSSR count). The summed E-state index contributed by atoms with van der Waals surface area (Å²) in [6.07, 6.45) is 6.92. The Balaban J connectivity index is 1.91. The Labute approximate surface area is 183 Å². The first-order valence-electron chi connectivity index (χ1n) is 9.67. The number of nitrogens with zero attached hydrogens (tertiary/aromatic N) is 4. The predicted molar refractivity (Wildman–Crippen MR) is 117 cm³/mol. The van der Waals surface area contributed by atoms with E-state index in [1.807, 2.05) is 0 Å². The summed E-state index contributed by atoms with van der Waals surface area (Å²) < 4.78 is 19.7. The Bertz CT molecular complexity index is 1490. The van der Waals surface area contributed by atoms with Gasteiger partial charge in [0.05, 0.1) is 26.8 Å². The van der Waals surface area contributed by atoms with Crippen LogP contribution in [0.5, 0.6) is 11.5 Å². The molecule has 1 aliphatic heterocycles. The lowest BCUT2D eigenvalue weighted by Crippen LogP contribution is -2.41. The minimum atomic E-state index is -0.554. The second-order valence-corrected chi connectivity index (χ2v) is 7.05. The van der Waals surface area contributed by atoms with Gasteiger partial charge in [-0.2, -0.15) is 0 Å². The molecule has 2 aromatic heterocycles. The van der Waals surface area contributed by atoms with Crippen molar-refractivity contribution in [1.82, 2.24) is 18.7 Å². The van der Waals surface area contributed by atoms with Crippen LogP contribution < -0.4 is 20.7 Å². The summed E-state index contributed by atoms with van der Waals surface area (Å²) in [6.45, 7) is 1.63. The van der Waals surface area contributed by atoms with E-state index in [0.29, 0.717) is 28.6 Å². The largest absolute Gasteiger partial charge is 0.493 e. The van der Waals surface area contributed by atoms with E-state index in [-0.39, 0.29) is 17.7 Å². The number of ether oxygens (including phenoxy) is 3. The molecule has 0 saturated heterocycles. The van der Waals surface area contributed by atoms with Crippen LogP contribution in [0.4, 0.5) is 0 Å². The van der Waals surface area contributed by atoms with Crippen molar-refractivity contribution < 1.29 is 14.2 Å². The molecule has 1 aliphatic rings. The molecular weight excluding hydrogens is 412 g/mol. The van der Waals surface area contributed by atoms with Crippen LogP contribution in [0.25, 0.3) is 11.2 Å². The molecule has 0 fully saturated rings. The van der Waals surface area contributed by atoms with Gasteiger partial charge in [-0.1, -0.05) is 11.8 Å². The maximum atomic E-state index is 13.0. The van der Waals surface area contributed by atoms with Crippen molar-refractivity contribution in [2.45, 2.75) is 19.5 Å². The highest BCUT2D eigenvalue weighted by molar-refractivity contribution is 5.72. The van der Waals surface area contributed by atoms with Gasteiger partial charge in [0, 0.05) is 12.6 Å². The van der Waals surface area contributed by atoms with Gasteiger partial charge in [-0.15, -0.1) is 6.42 Å². The highest BCUT2D eigenvalue weighted by atomic mass is 16.5. The third-order valence-corrected chi connectivity index (χ3v) is 5.19. The monoisotopic (exact) mass is 432 g/mol. The Kier molecular flexibility index (Phi) is 5.25. The van der Waals surface area contributed by atoms with Crippen LogP contribution in [-0.4, -0.2) is 32.9 Å². The second kappa shape index (κ2) is 8.05. The molecule has 0 spiro atoms. The van der Waals surface area contributed by atoms with Crippen molar-refractivity contribution in [3.05, 3.63) is 62.4 Å². The maximum Gasteiger partial charge on any atom is 0.334 e. The number of methoxy groups -OCH3 is 2. The summed E-state index contributed by atoms with van der Waals surface area (Å²) in [5.41, 5.74) is 0.0377. The number of terminal acetylenes is 1. The zero-order valence-electron chi connectivity index (χ0n) is 18.0. The lowest BCUT2D eigenvalue weighted by molar-refractivity contribution is 0.355. The van der Waals surface area contributed by atoms with Crippen LogP contribution in [0.2, 0.25) is 0 Å². The number of hydrogen-bond acceptors (Lipinski definition) is 6. The molecule has 1 aromatic carbocycles. The Morgan fingerprint density at radius 3 is 2.53 bits per heavy atom. The number of fused-ring (bicyclic) bond motifs is 1. The molecule has 32 heavy (non-hydrogen) atoms. The van der Waals surface area contributed by atoms with Crippen molar-refractivity contribution in [1.29, 1.82) is 0 Å². The van der Waals surface area contributed by atoms with Gasteiger partial charge in [-0.25, -0.2) is 14.3 Å². The minimum absolute atomic E-state index is 0.155. The fourth-order valence-corrected chi connectivity index (χ4v) is 3.42. The normalized spacial score (nSPS) is 12.8. The summed E-state index contributed by atoms with van der Waals surface area (Å²) in [4.78, 5) is 30.6. The molecule has 3 aromatic rings. The van der Waals surface area contributed by atoms with Crippen LogP contribution in [0.1, 0.15) is 24.4 Å². The van der Waals surface area contributed by atoms with E-state index >= 15 is 0 Å². The average Bonchev–Trinajstić information content (AvgIpc) is 3.59. The Morgan fingerprint density at radius 2 is 1.91 bits per heavy atom. The number of benzene rings is 1. The molecule has 3 heterocycles. The van der Waals surface area contributed by atoms with E-state index in [1.165, 1.54) is 4.57 Å². The van der Waals surface area contributed by atoms with Crippen LogP contribution >= 0.6 is 0 Å². The molecule has 0 aliphatic carbocycles. The third kappa shape index (κ3) is 3.40. The van der Waals surface area contributed by atoms with Gasteiger partial charge in [0.1, 0.15) is 6.26 Å². The molecule has 1 unspecified atom stereocenters. The SMILES string of the molecule is C#CCn1c(=O)c2c(nc(C#Cc3ccc(OC)c(OC)c3)n2C)n(C(C)C2=CO2)c1=O. The van der Waals surface area contributed by atoms with Gasteiger partial charge in [-0.3, -0.25) is 9.36 Å². The van der Waals surface area contributed by atoms with Gasteiger partial charge in [0.25, 0.3) is 5.56 Å². The number of aromatic nitrogens is 4. The Hall–Kier alpha value is -4.37. The second-order valence-electron chi connectivity index (χ2n) is 7.05. The lowest BCUT2D eigenvalue weighted by atomic mass is 10.2. The minimum Gasteiger partial charge on any atom is -0.493 e. The fourth-order valence-electron chi connectivity index (χ4n) is 3.42. The van der Waals surface area contributed by atoms with E-state index in [1.54, 1.807) is 57.2 Å². The number of rotatable bonds is 5. The predicted octanol–water partition coefficient (Wildman–Crippen LogP) is 1.38. The van der Waals surface area contributed by atoms with E-state index in [0.717, 1.165) is 4.57 Å². The summed E-state index contributed by atoms with van der Waals surface area (Å²) in [5.74, 6) is 10.4. The van der Waals surface area contributed by atoms with Crippen LogP contribution in [0.15, 0.2) is 39.8 Å². The summed E-state index contributed by atoms with van der Waals surface area (Å²) in [7, 11) is 4.77. The molecule has 0 radical (unpaired) electrons. The van der Waals surface area contributed by atoms with Crippen molar-refractivity contribution in [2.75, 3.05) is 14.2 Å². The zero-order chi connectivity index (χ0) is 23.0. The van der Waals surface area contributed by atoms with Crippen molar-refractivity contribution in [2.24, 2.45) is 7.05 Å².